The molecule has 0 spiro atoms. The fourth-order valence-corrected chi connectivity index (χ4v) is 4.34. The number of urea groups is 1. The largest absolute Gasteiger partial charge is 0.338 e. The molecule has 2 aromatic rings. The van der Waals surface area contributed by atoms with Gasteiger partial charge >= 0.3 is 6.03 Å². The Kier molecular flexibility index (Phi) is 7.00. The van der Waals surface area contributed by atoms with Gasteiger partial charge < -0.3 is 21.3 Å². The van der Waals surface area contributed by atoms with Crippen molar-refractivity contribution >= 4 is 35.7 Å². The molecular formula is C23H29ClN4O2. The third-order valence-corrected chi connectivity index (χ3v) is 5.96. The second kappa shape index (κ2) is 9.49. The number of amides is 3. The van der Waals surface area contributed by atoms with Crippen LogP contribution in [-0.4, -0.2) is 29.4 Å². The van der Waals surface area contributed by atoms with Gasteiger partial charge in [-0.15, -0.1) is 12.4 Å². The van der Waals surface area contributed by atoms with E-state index in [0.717, 1.165) is 53.7 Å². The number of nitrogens with one attached hydrogen (secondary N) is 2. The van der Waals surface area contributed by atoms with Gasteiger partial charge in [0.25, 0.3) is 0 Å². The molecule has 30 heavy (non-hydrogen) atoms. The van der Waals surface area contributed by atoms with E-state index in [1.807, 2.05) is 54.3 Å². The topological polar surface area (TPSA) is 87.5 Å². The molecule has 2 unspecified atom stereocenters. The predicted molar refractivity (Wildman–Crippen MR) is 122 cm³/mol. The molecule has 0 radical (unpaired) electrons. The number of carbonyl (C=O) groups is 2. The van der Waals surface area contributed by atoms with E-state index < -0.39 is 0 Å². The van der Waals surface area contributed by atoms with Crippen molar-refractivity contribution in [3.8, 4) is 0 Å². The van der Waals surface area contributed by atoms with Gasteiger partial charge in [0.1, 0.15) is 0 Å². The fourth-order valence-electron chi connectivity index (χ4n) is 4.34. The van der Waals surface area contributed by atoms with Crippen molar-refractivity contribution in [1.82, 2.24) is 4.90 Å². The van der Waals surface area contributed by atoms with Gasteiger partial charge in [-0.05, 0) is 61.9 Å². The molecule has 3 amide bonds. The van der Waals surface area contributed by atoms with Gasteiger partial charge in [-0.25, -0.2) is 4.79 Å². The number of hydrogen-bond donors (Lipinski definition) is 3. The molecule has 1 aliphatic heterocycles. The minimum atomic E-state index is -0.263. The van der Waals surface area contributed by atoms with Crippen LogP contribution < -0.4 is 16.4 Å². The number of benzene rings is 2. The zero-order valence-corrected chi connectivity index (χ0v) is 18.0. The smallest absolute Gasteiger partial charge is 0.323 e. The lowest BCUT2D eigenvalue weighted by Gasteiger charge is -2.32. The molecule has 160 valence electrons. The summed E-state index contributed by atoms with van der Waals surface area (Å²) in [4.78, 5) is 27.2. The summed E-state index contributed by atoms with van der Waals surface area (Å²) < 4.78 is 0. The number of anilines is 2. The summed E-state index contributed by atoms with van der Waals surface area (Å²) in [5, 5.41) is 5.83. The van der Waals surface area contributed by atoms with Crippen LogP contribution in [0.15, 0.2) is 42.5 Å². The van der Waals surface area contributed by atoms with Crippen molar-refractivity contribution in [3.05, 3.63) is 59.2 Å². The minimum Gasteiger partial charge on any atom is -0.338 e. The quantitative estimate of drug-likeness (QED) is 0.688. The van der Waals surface area contributed by atoms with E-state index in [2.05, 4.69) is 10.6 Å². The summed E-state index contributed by atoms with van der Waals surface area (Å²) in [6.07, 6.45) is 3.36. The Labute approximate surface area is 183 Å². The molecule has 4 N–H and O–H groups in total. The first kappa shape index (κ1) is 22.1. The second-order valence-corrected chi connectivity index (χ2v) is 8.17. The van der Waals surface area contributed by atoms with Crippen LogP contribution in [0.2, 0.25) is 0 Å². The number of halogens is 1. The Morgan fingerprint density at radius 1 is 1.07 bits per heavy atom. The maximum Gasteiger partial charge on any atom is 0.323 e. The standard InChI is InChI=1S/C23H28N4O2.ClH/c1-15-5-9-19(10-6-15)25-23(29)26-21-4-2-3-17-14-27(12-11-20(17)21)22(28)16-7-8-18(24)13-16;/h2-6,9-10,16,18H,7-8,11-14,24H2,1H3,(H2,25,26,29);1H. The van der Waals surface area contributed by atoms with Crippen molar-refractivity contribution in [2.45, 2.75) is 45.2 Å². The number of carbonyl (C=O) groups excluding carboxylic acids is 2. The Morgan fingerprint density at radius 2 is 1.83 bits per heavy atom. The maximum absolute atomic E-state index is 12.8. The highest BCUT2D eigenvalue weighted by Crippen LogP contribution is 2.31. The SMILES string of the molecule is Cc1ccc(NC(=O)Nc2cccc3c2CCN(C(=O)C2CCC(N)C2)C3)cc1.Cl. The predicted octanol–water partition coefficient (Wildman–Crippen LogP) is 4.07. The van der Waals surface area contributed by atoms with Crippen LogP contribution in [0.1, 0.15) is 36.0 Å². The first-order valence-corrected chi connectivity index (χ1v) is 10.3. The number of hydrogen-bond acceptors (Lipinski definition) is 3. The molecule has 0 bridgehead atoms. The van der Waals surface area contributed by atoms with E-state index >= 15 is 0 Å². The van der Waals surface area contributed by atoms with Gasteiger partial charge in [0.15, 0.2) is 0 Å². The van der Waals surface area contributed by atoms with E-state index in [1.165, 1.54) is 0 Å². The van der Waals surface area contributed by atoms with Crippen molar-refractivity contribution < 1.29 is 9.59 Å². The monoisotopic (exact) mass is 428 g/mol. The maximum atomic E-state index is 12.8. The number of fused-ring (bicyclic) bond motifs is 1. The molecule has 7 heteroatoms. The van der Waals surface area contributed by atoms with Crippen LogP contribution in [-0.2, 0) is 17.8 Å². The molecule has 1 heterocycles. The Hall–Kier alpha value is -2.57. The normalized spacial score (nSPS) is 20.1. The molecule has 0 saturated heterocycles. The van der Waals surface area contributed by atoms with Gasteiger partial charge in [0, 0.05) is 36.4 Å². The molecule has 1 saturated carbocycles. The summed E-state index contributed by atoms with van der Waals surface area (Å²) in [7, 11) is 0. The molecule has 2 aliphatic rings. The molecular weight excluding hydrogens is 400 g/mol. The van der Waals surface area contributed by atoms with Gasteiger partial charge in [0.2, 0.25) is 5.91 Å². The van der Waals surface area contributed by atoms with Crippen molar-refractivity contribution in [3.63, 3.8) is 0 Å². The van der Waals surface area contributed by atoms with Crippen LogP contribution in [0, 0.1) is 12.8 Å². The number of nitrogens with zero attached hydrogens (tertiary/aromatic N) is 1. The van der Waals surface area contributed by atoms with Gasteiger partial charge in [-0.1, -0.05) is 29.8 Å². The molecule has 1 fully saturated rings. The van der Waals surface area contributed by atoms with E-state index in [0.29, 0.717) is 13.1 Å². The van der Waals surface area contributed by atoms with Gasteiger partial charge in [-0.2, -0.15) is 0 Å². The minimum absolute atomic E-state index is 0. The lowest BCUT2D eigenvalue weighted by atomic mass is 9.96. The van der Waals surface area contributed by atoms with E-state index in [4.69, 9.17) is 5.73 Å². The Balaban J connectivity index is 0.00000256. The van der Waals surface area contributed by atoms with Gasteiger partial charge in [0.05, 0.1) is 0 Å². The zero-order chi connectivity index (χ0) is 20.4. The Morgan fingerprint density at radius 3 is 2.53 bits per heavy atom. The van der Waals surface area contributed by atoms with E-state index in [9.17, 15) is 9.59 Å². The van der Waals surface area contributed by atoms with Crippen LogP contribution in [0.3, 0.4) is 0 Å². The highest BCUT2D eigenvalue weighted by atomic mass is 35.5. The van der Waals surface area contributed by atoms with Crippen LogP contribution >= 0.6 is 12.4 Å². The lowest BCUT2D eigenvalue weighted by Crippen LogP contribution is -2.39. The summed E-state index contributed by atoms with van der Waals surface area (Å²) in [6, 6.07) is 13.5. The summed E-state index contributed by atoms with van der Waals surface area (Å²) in [6.45, 7) is 3.28. The first-order valence-electron chi connectivity index (χ1n) is 10.3. The third kappa shape index (κ3) is 4.94. The average molecular weight is 429 g/mol. The Bertz CT molecular complexity index is 916. The van der Waals surface area contributed by atoms with E-state index in [1.54, 1.807) is 0 Å². The molecule has 2 aromatic carbocycles. The lowest BCUT2D eigenvalue weighted by molar-refractivity contribution is -0.136. The zero-order valence-electron chi connectivity index (χ0n) is 17.2. The number of aryl methyl sites for hydroxylation is 1. The first-order chi connectivity index (χ1) is 14.0. The summed E-state index contributed by atoms with van der Waals surface area (Å²) in [5.41, 5.74) is 10.9. The van der Waals surface area contributed by atoms with Crippen LogP contribution in [0.4, 0.5) is 16.2 Å². The molecule has 4 rings (SSSR count). The molecule has 0 aromatic heterocycles. The summed E-state index contributed by atoms with van der Waals surface area (Å²) >= 11 is 0. The molecule has 6 nitrogen and oxygen atoms in total. The van der Waals surface area contributed by atoms with E-state index in [-0.39, 0.29) is 36.3 Å². The number of rotatable bonds is 3. The highest BCUT2D eigenvalue weighted by molar-refractivity contribution is 6.00. The molecule has 2 atom stereocenters. The van der Waals surface area contributed by atoms with Crippen molar-refractivity contribution in [2.75, 3.05) is 17.2 Å². The average Bonchev–Trinajstić information content (AvgIpc) is 3.15. The van der Waals surface area contributed by atoms with Crippen LogP contribution in [0.25, 0.3) is 0 Å². The van der Waals surface area contributed by atoms with Gasteiger partial charge in [-0.3, -0.25) is 4.79 Å². The van der Waals surface area contributed by atoms with Crippen LogP contribution in [0.5, 0.6) is 0 Å². The second-order valence-electron chi connectivity index (χ2n) is 8.17. The molecule has 1 aliphatic carbocycles. The number of nitrogens with two attached hydrogens (primary N) is 1. The fraction of sp³-hybridized carbons (Fsp3) is 0.391. The van der Waals surface area contributed by atoms with Crippen molar-refractivity contribution in [1.29, 1.82) is 0 Å². The third-order valence-electron chi connectivity index (χ3n) is 5.96. The van der Waals surface area contributed by atoms with Crippen molar-refractivity contribution in [2.24, 2.45) is 11.7 Å². The summed E-state index contributed by atoms with van der Waals surface area (Å²) in [5.74, 6) is 0.284. The highest BCUT2D eigenvalue weighted by Gasteiger charge is 2.32.